The van der Waals surface area contributed by atoms with Crippen LogP contribution in [0.3, 0.4) is 0 Å². The molecule has 4 rings (SSSR count). The number of rotatable bonds is 4. The van der Waals surface area contributed by atoms with Crippen molar-refractivity contribution in [2.45, 2.75) is 13.0 Å². The summed E-state index contributed by atoms with van der Waals surface area (Å²) in [5.74, 6) is 0.0123. The molecule has 2 amide bonds. The van der Waals surface area contributed by atoms with E-state index in [4.69, 9.17) is 27.9 Å². The van der Waals surface area contributed by atoms with Gasteiger partial charge in [-0.05, 0) is 23.8 Å². The van der Waals surface area contributed by atoms with Crippen molar-refractivity contribution in [3.63, 3.8) is 0 Å². The fourth-order valence-electron chi connectivity index (χ4n) is 3.30. The van der Waals surface area contributed by atoms with Gasteiger partial charge in [0.05, 0.1) is 42.0 Å². The Morgan fingerprint density at radius 3 is 2.55 bits per heavy atom. The van der Waals surface area contributed by atoms with E-state index < -0.39 is 5.91 Å². The van der Waals surface area contributed by atoms with Gasteiger partial charge < -0.3 is 4.74 Å². The second-order valence-corrected chi connectivity index (χ2v) is 7.31. The molecule has 29 heavy (non-hydrogen) atoms. The molecule has 0 N–H and O–H groups in total. The van der Waals surface area contributed by atoms with Crippen molar-refractivity contribution in [2.24, 2.45) is 0 Å². The van der Waals surface area contributed by atoms with Crippen LogP contribution in [0.2, 0.25) is 10.2 Å². The Balaban J connectivity index is 1.89. The van der Waals surface area contributed by atoms with E-state index >= 15 is 0 Å². The summed E-state index contributed by atoms with van der Waals surface area (Å²) in [6.07, 6.45) is 1.56. The molecule has 0 fully saturated rings. The molecule has 3 aromatic rings. The summed E-state index contributed by atoms with van der Waals surface area (Å²) >= 11 is 12.5. The van der Waals surface area contributed by atoms with E-state index in [0.29, 0.717) is 29.1 Å². The van der Waals surface area contributed by atoms with Crippen LogP contribution in [0.25, 0.3) is 11.3 Å². The van der Waals surface area contributed by atoms with Crippen molar-refractivity contribution in [1.82, 2.24) is 19.7 Å². The fourth-order valence-corrected chi connectivity index (χ4v) is 3.66. The molecule has 0 atom stereocenters. The van der Waals surface area contributed by atoms with Crippen molar-refractivity contribution in [1.29, 1.82) is 0 Å². The molecule has 0 radical (unpaired) electrons. The maximum absolute atomic E-state index is 12.9. The van der Waals surface area contributed by atoms with E-state index in [2.05, 4.69) is 10.1 Å². The normalized spacial score (nSPS) is 13.6. The first-order chi connectivity index (χ1) is 13.9. The number of aromatic nitrogens is 3. The van der Waals surface area contributed by atoms with Crippen LogP contribution in [-0.2, 0) is 17.8 Å². The van der Waals surface area contributed by atoms with E-state index in [-0.39, 0.29) is 22.5 Å². The van der Waals surface area contributed by atoms with Crippen molar-refractivity contribution in [3.8, 4) is 17.0 Å². The Bertz CT molecular complexity index is 1130. The minimum atomic E-state index is -0.420. The van der Waals surface area contributed by atoms with E-state index in [1.54, 1.807) is 17.9 Å². The number of imide groups is 1. The minimum Gasteiger partial charge on any atom is -0.497 e. The molecule has 0 saturated heterocycles. The molecule has 1 aliphatic rings. The van der Waals surface area contributed by atoms with Gasteiger partial charge in [0.25, 0.3) is 5.91 Å². The number of benzene rings is 1. The Morgan fingerprint density at radius 1 is 1.14 bits per heavy atom. The Labute approximate surface area is 176 Å². The van der Waals surface area contributed by atoms with Gasteiger partial charge in [-0.2, -0.15) is 5.10 Å². The molecule has 0 bridgehead atoms. The number of fused-ring (bicyclic) bond motifs is 1. The minimum absolute atomic E-state index is 0.0383. The van der Waals surface area contributed by atoms with Gasteiger partial charge in [-0.3, -0.25) is 19.2 Å². The predicted molar refractivity (Wildman–Crippen MR) is 108 cm³/mol. The summed E-state index contributed by atoms with van der Waals surface area (Å²) in [4.78, 5) is 30.1. The number of carbonyl (C=O) groups excluding carboxylic acids is 2. The lowest BCUT2D eigenvalue weighted by atomic mass is 10.0. The number of halogens is 2. The quantitative estimate of drug-likeness (QED) is 0.467. The van der Waals surface area contributed by atoms with E-state index in [1.807, 2.05) is 24.3 Å². The number of carbonyl (C=O) groups is 2. The van der Waals surface area contributed by atoms with Crippen molar-refractivity contribution in [2.75, 3.05) is 14.2 Å². The molecule has 3 heterocycles. The first-order valence-electron chi connectivity index (χ1n) is 8.74. The molecule has 0 spiro atoms. The van der Waals surface area contributed by atoms with Gasteiger partial charge in [-0.25, -0.2) is 4.98 Å². The molecule has 0 unspecified atom stereocenters. The Kier molecular flexibility index (Phi) is 5.02. The second kappa shape index (κ2) is 7.50. The number of methoxy groups -OCH3 is 1. The lowest BCUT2D eigenvalue weighted by molar-refractivity contribution is -0.127. The number of nitrogens with zero attached hydrogens (tertiary/aromatic N) is 4. The Morgan fingerprint density at radius 2 is 1.86 bits per heavy atom. The first kappa shape index (κ1) is 19.4. The van der Waals surface area contributed by atoms with Crippen LogP contribution >= 0.6 is 23.2 Å². The highest BCUT2D eigenvalue weighted by Crippen LogP contribution is 2.37. The average molecular weight is 431 g/mol. The van der Waals surface area contributed by atoms with E-state index in [9.17, 15) is 9.59 Å². The average Bonchev–Trinajstić information content (AvgIpc) is 3.06. The molecular formula is C20H16Cl2N4O3. The van der Waals surface area contributed by atoms with Crippen LogP contribution in [0.1, 0.15) is 21.6 Å². The van der Waals surface area contributed by atoms with Crippen LogP contribution in [0.15, 0.2) is 36.5 Å². The third kappa shape index (κ3) is 3.36. The number of hydrogen-bond donors (Lipinski definition) is 0. The number of pyridine rings is 1. The molecule has 0 aliphatic carbocycles. The summed E-state index contributed by atoms with van der Waals surface area (Å²) in [6, 6.07) is 9.18. The molecule has 9 heteroatoms. The van der Waals surface area contributed by atoms with Crippen LogP contribution in [-0.4, -0.2) is 45.6 Å². The monoisotopic (exact) mass is 430 g/mol. The van der Waals surface area contributed by atoms with Crippen molar-refractivity contribution in [3.05, 3.63) is 63.5 Å². The van der Waals surface area contributed by atoms with Gasteiger partial charge in [-0.15, -0.1) is 0 Å². The molecule has 148 valence electrons. The van der Waals surface area contributed by atoms with Gasteiger partial charge in [0.1, 0.15) is 10.9 Å². The van der Waals surface area contributed by atoms with Crippen LogP contribution < -0.4 is 4.74 Å². The fraction of sp³-hybridized carbons (Fsp3) is 0.200. The predicted octanol–water partition coefficient (Wildman–Crippen LogP) is 3.46. The highest BCUT2D eigenvalue weighted by molar-refractivity contribution is 6.43. The summed E-state index contributed by atoms with van der Waals surface area (Å²) in [6.45, 7) is 0.369. The van der Waals surface area contributed by atoms with Crippen LogP contribution in [0.5, 0.6) is 5.75 Å². The third-order valence-corrected chi connectivity index (χ3v) is 5.60. The van der Waals surface area contributed by atoms with E-state index in [0.717, 1.165) is 16.2 Å². The number of ether oxygens (including phenoxy) is 1. The molecular weight excluding hydrogens is 415 g/mol. The zero-order valence-corrected chi connectivity index (χ0v) is 17.2. The molecule has 0 saturated carbocycles. The van der Waals surface area contributed by atoms with Gasteiger partial charge >= 0.3 is 0 Å². The maximum atomic E-state index is 12.9. The van der Waals surface area contributed by atoms with Crippen molar-refractivity contribution < 1.29 is 14.3 Å². The molecule has 1 aliphatic heterocycles. The largest absolute Gasteiger partial charge is 0.497 e. The van der Waals surface area contributed by atoms with Gasteiger partial charge in [-0.1, -0.05) is 35.3 Å². The summed E-state index contributed by atoms with van der Waals surface area (Å²) in [5, 5.41) is 4.92. The standard InChI is InChI=1S/C20H16Cl2N4O3/c1-25-15(27)9-14-16(20(25)28)18(13-7-8-23-19(22)17(13)21)26(24-14)10-11-3-5-12(29-2)6-4-11/h3-8H,9-10H2,1-2H3. The zero-order valence-electron chi connectivity index (χ0n) is 15.6. The lowest BCUT2D eigenvalue weighted by Gasteiger charge is -2.20. The van der Waals surface area contributed by atoms with Crippen molar-refractivity contribution >= 4 is 35.0 Å². The molecule has 2 aromatic heterocycles. The zero-order chi connectivity index (χ0) is 20.7. The number of amides is 2. The summed E-state index contributed by atoms with van der Waals surface area (Å²) < 4.78 is 6.87. The highest BCUT2D eigenvalue weighted by atomic mass is 35.5. The topological polar surface area (TPSA) is 77.3 Å². The van der Waals surface area contributed by atoms with E-state index in [1.165, 1.54) is 13.2 Å². The first-order valence-corrected chi connectivity index (χ1v) is 9.50. The third-order valence-electron chi connectivity index (χ3n) is 4.83. The van der Waals surface area contributed by atoms with Gasteiger partial charge in [0.2, 0.25) is 5.91 Å². The summed E-state index contributed by atoms with van der Waals surface area (Å²) in [5.41, 5.74) is 2.75. The lowest BCUT2D eigenvalue weighted by Crippen LogP contribution is -2.39. The highest BCUT2D eigenvalue weighted by Gasteiger charge is 2.35. The maximum Gasteiger partial charge on any atom is 0.264 e. The van der Waals surface area contributed by atoms with Gasteiger partial charge in [0.15, 0.2) is 0 Å². The number of hydrogen-bond acceptors (Lipinski definition) is 5. The van der Waals surface area contributed by atoms with Gasteiger partial charge in [0, 0.05) is 18.8 Å². The Hall–Kier alpha value is -2.90. The number of likely N-dealkylation sites (N-methyl/N-ethyl adjacent to an activating group) is 1. The SMILES string of the molecule is COc1ccc(Cn2nc3c(c2-c2ccnc(Cl)c2Cl)C(=O)N(C)C(=O)C3)cc1. The smallest absolute Gasteiger partial charge is 0.264 e. The second-order valence-electron chi connectivity index (χ2n) is 6.57. The summed E-state index contributed by atoms with van der Waals surface area (Å²) in [7, 11) is 3.06. The van der Waals surface area contributed by atoms with Crippen LogP contribution in [0.4, 0.5) is 0 Å². The molecule has 7 nitrogen and oxygen atoms in total. The molecule has 1 aromatic carbocycles. The van der Waals surface area contributed by atoms with Crippen LogP contribution in [0, 0.1) is 0 Å².